The van der Waals surface area contributed by atoms with Crippen molar-refractivity contribution in [3.8, 4) is 0 Å². The standard InChI is InChI=1S/C30H37Cl2NO8/c1-5-15(3)30(39)41-25-11-10-22(33-40-14-19-20(31)8-7-9-21(19)32)18-13-23(35)16(4)26(27(18)25)28(29(37)38)24(36)12-17(34)6-2/h7-9,13,15-16,24-28,36H,5-6,10-12,14H2,1-4H3,(H,37,38). The number of esters is 1. The van der Waals surface area contributed by atoms with E-state index in [4.69, 9.17) is 32.8 Å². The number of hydrogen-bond donors (Lipinski definition) is 2. The molecule has 9 nitrogen and oxygen atoms in total. The van der Waals surface area contributed by atoms with Crippen LogP contribution in [-0.2, 0) is 35.4 Å². The summed E-state index contributed by atoms with van der Waals surface area (Å²) in [7, 11) is 0. The van der Waals surface area contributed by atoms with E-state index >= 15 is 0 Å². The van der Waals surface area contributed by atoms with Crippen molar-refractivity contribution >= 4 is 52.4 Å². The van der Waals surface area contributed by atoms with Gasteiger partial charge in [-0.05, 0) is 49.0 Å². The molecular formula is C30H37Cl2NO8. The van der Waals surface area contributed by atoms with Gasteiger partial charge in [0.2, 0.25) is 0 Å². The normalized spacial score (nSPS) is 25.5. The molecule has 7 unspecified atom stereocenters. The topological polar surface area (TPSA) is 140 Å². The van der Waals surface area contributed by atoms with Gasteiger partial charge in [-0.25, -0.2) is 0 Å². The number of aliphatic hydroxyl groups is 1. The number of carbonyl (C=O) groups excluding carboxylic acids is 3. The van der Waals surface area contributed by atoms with E-state index in [1.165, 1.54) is 6.08 Å². The number of ether oxygens (including phenoxy) is 1. The number of halogens is 2. The first-order chi connectivity index (χ1) is 19.4. The second-order valence-electron chi connectivity index (χ2n) is 10.8. The number of fused-ring (bicyclic) bond motifs is 1. The van der Waals surface area contributed by atoms with Crippen LogP contribution in [0.25, 0.3) is 0 Å². The molecule has 3 rings (SSSR count). The fourth-order valence-electron chi connectivity index (χ4n) is 5.55. The Labute approximate surface area is 249 Å². The number of carbonyl (C=O) groups is 4. The first-order valence-electron chi connectivity index (χ1n) is 13.9. The van der Waals surface area contributed by atoms with E-state index in [1.54, 1.807) is 39.0 Å². The van der Waals surface area contributed by atoms with Crippen molar-refractivity contribution in [2.75, 3.05) is 0 Å². The van der Waals surface area contributed by atoms with Crippen LogP contribution in [0.5, 0.6) is 0 Å². The summed E-state index contributed by atoms with van der Waals surface area (Å²) in [4.78, 5) is 56.5. The molecule has 2 aliphatic carbocycles. The quantitative estimate of drug-likeness (QED) is 0.236. The van der Waals surface area contributed by atoms with Crippen LogP contribution in [0, 0.1) is 29.6 Å². The Hall–Kier alpha value is -2.75. The van der Waals surface area contributed by atoms with Crippen molar-refractivity contribution in [3.63, 3.8) is 0 Å². The summed E-state index contributed by atoms with van der Waals surface area (Å²) in [6.07, 6.45) is 0.0160. The van der Waals surface area contributed by atoms with Crippen molar-refractivity contribution in [2.24, 2.45) is 34.7 Å². The van der Waals surface area contributed by atoms with E-state index in [9.17, 15) is 29.4 Å². The van der Waals surface area contributed by atoms with E-state index in [2.05, 4.69) is 5.16 Å². The van der Waals surface area contributed by atoms with Gasteiger partial charge in [0.05, 0.1) is 23.7 Å². The van der Waals surface area contributed by atoms with Crippen LogP contribution >= 0.6 is 23.2 Å². The van der Waals surface area contributed by atoms with E-state index in [-0.39, 0.29) is 36.9 Å². The molecule has 0 heterocycles. The van der Waals surface area contributed by atoms with Crippen molar-refractivity contribution in [2.45, 2.75) is 78.6 Å². The Bertz CT molecular complexity index is 1210. The summed E-state index contributed by atoms with van der Waals surface area (Å²) in [5.74, 6) is -6.85. The molecule has 1 fully saturated rings. The monoisotopic (exact) mass is 609 g/mol. The molecule has 2 N–H and O–H groups in total. The Kier molecular flexibility index (Phi) is 11.5. The number of carboxylic acid groups (broad SMARTS) is 1. The van der Waals surface area contributed by atoms with Crippen LogP contribution in [0.15, 0.2) is 35.0 Å². The largest absolute Gasteiger partial charge is 0.481 e. The minimum atomic E-state index is -1.54. The van der Waals surface area contributed by atoms with E-state index in [0.717, 1.165) is 0 Å². The molecule has 41 heavy (non-hydrogen) atoms. The summed E-state index contributed by atoms with van der Waals surface area (Å²) < 4.78 is 5.93. The molecule has 0 aromatic heterocycles. The van der Waals surface area contributed by atoms with Crippen LogP contribution < -0.4 is 0 Å². The molecule has 7 atom stereocenters. The van der Waals surface area contributed by atoms with Gasteiger partial charge in [0.15, 0.2) is 5.78 Å². The number of benzene rings is 1. The highest BCUT2D eigenvalue weighted by atomic mass is 35.5. The second-order valence-corrected chi connectivity index (χ2v) is 11.6. The van der Waals surface area contributed by atoms with Gasteiger partial charge in [-0.1, -0.05) is 62.1 Å². The number of rotatable bonds is 12. The molecular weight excluding hydrogens is 573 g/mol. The molecule has 0 aliphatic heterocycles. The van der Waals surface area contributed by atoms with Crippen LogP contribution in [0.3, 0.4) is 0 Å². The maximum absolute atomic E-state index is 13.2. The average molecular weight is 611 g/mol. The highest BCUT2D eigenvalue weighted by Crippen LogP contribution is 2.47. The van der Waals surface area contributed by atoms with Crippen LogP contribution in [0.4, 0.5) is 0 Å². The third-order valence-corrected chi connectivity index (χ3v) is 8.88. The number of Topliss-reactive ketones (excluding diaryl/α,β-unsaturated/α-hetero) is 1. The van der Waals surface area contributed by atoms with Crippen molar-refractivity contribution < 1.29 is 39.0 Å². The summed E-state index contributed by atoms with van der Waals surface area (Å²) in [6.45, 7) is 6.78. The van der Waals surface area contributed by atoms with Crippen molar-refractivity contribution in [1.29, 1.82) is 0 Å². The highest BCUT2D eigenvalue weighted by Gasteiger charge is 2.53. The minimum Gasteiger partial charge on any atom is -0.481 e. The molecule has 0 amide bonds. The molecule has 2 aliphatic rings. The highest BCUT2D eigenvalue weighted by molar-refractivity contribution is 6.35. The zero-order valence-corrected chi connectivity index (χ0v) is 25.2. The Morgan fingerprint density at radius 1 is 1.17 bits per heavy atom. The van der Waals surface area contributed by atoms with Crippen LogP contribution in [-0.4, -0.2) is 51.6 Å². The van der Waals surface area contributed by atoms with Crippen molar-refractivity contribution in [1.82, 2.24) is 0 Å². The number of oxime groups is 1. The SMILES string of the molecule is CCC(=O)CC(O)C(C(=O)O)C1C(C)C(=O)C=C2C(=NOCc3c(Cl)cccc3Cl)CCC(OC(=O)C(C)CC)C21. The number of ketones is 2. The molecule has 224 valence electrons. The van der Waals surface area contributed by atoms with E-state index < -0.39 is 47.8 Å². The average Bonchev–Trinajstić information content (AvgIpc) is 2.92. The number of aliphatic hydroxyl groups excluding tert-OH is 1. The predicted octanol–water partition coefficient (Wildman–Crippen LogP) is 5.43. The minimum absolute atomic E-state index is 0.0459. The smallest absolute Gasteiger partial charge is 0.309 e. The maximum atomic E-state index is 13.2. The van der Waals surface area contributed by atoms with Crippen LogP contribution in [0.2, 0.25) is 10.0 Å². The van der Waals surface area contributed by atoms with Gasteiger partial charge < -0.3 is 19.8 Å². The van der Waals surface area contributed by atoms with Gasteiger partial charge in [0, 0.05) is 40.3 Å². The van der Waals surface area contributed by atoms with Gasteiger partial charge >= 0.3 is 11.9 Å². The summed E-state index contributed by atoms with van der Waals surface area (Å²) >= 11 is 12.5. The predicted molar refractivity (Wildman–Crippen MR) is 154 cm³/mol. The second kappa shape index (κ2) is 14.4. The van der Waals surface area contributed by atoms with Gasteiger partial charge in [-0.2, -0.15) is 0 Å². The third-order valence-electron chi connectivity index (χ3n) is 8.17. The zero-order chi connectivity index (χ0) is 30.4. The first-order valence-corrected chi connectivity index (χ1v) is 14.7. The lowest BCUT2D eigenvalue weighted by molar-refractivity contribution is -0.162. The molecule has 1 aromatic carbocycles. The number of nitrogens with zero attached hydrogens (tertiary/aromatic N) is 1. The summed E-state index contributed by atoms with van der Waals surface area (Å²) in [5.41, 5.74) is 1.34. The number of aliphatic carboxylic acids is 1. The maximum Gasteiger partial charge on any atom is 0.309 e. The lowest BCUT2D eigenvalue weighted by Crippen LogP contribution is -2.52. The van der Waals surface area contributed by atoms with Crippen LogP contribution in [0.1, 0.15) is 65.4 Å². The van der Waals surface area contributed by atoms with Gasteiger partial charge in [0.25, 0.3) is 0 Å². The fraction of sp³-hybridized carbons (Fsp3) is 0.567. The Morgan fingerprint density at radius 3 is 2.41 bits per heavy atom. The lowest BCUT2D eigenvalue weighted by Gasteiger charge is -2.46. The third kappa shape index (κ3) is 7.56. The number of allylic oxidation sites excluding steroid dienone is 1. The number of carboxylic acids is 1. The zero-order valence-electron chi connectivity index (χ0n) is 23.6. The van der Waals surface area contributed by atoms with Gasteiger partial charge in [-0.3, -0.25) is 19.2 Å². The molecule has 0 spiro atoms. The molecule has 0 bridgehead atoms. The van der Waals surface area contributed by atoms with Gasteiger partial charge in [0.1, 0.15) is 18.5 Å². The molecule has 1 aromatic rings. The Balaban J connectivity index is 2.04. The first kappa shape index (κ1) is 32.8. The number of hydrogen-bond acceptors (Lipinski definition) is 8. The molecule has 0 radical (unpaired) electrons. The molecule has 11 heteroatoms. The Morgan fingerprint density at radius 2 is 1.83 bits per heavy atom. The van der Waals surface area contributed by atoms with Gasteiger partial charge in [-0.15, -0.1) is 0 Å². The van der Waals surface area contributed by atoms with E-state index in [1.807, 2.05) is 6.92 Å². The van der Waals surface area contributed by atoms with Crippen molar-refractivity contribution in [3.05, 3.63) is 45.5 Å². The van der Waals surface area contributed by atoms with E-state index in [0.29, 0.717) is 46.2 Å². The fourth-order valence-corrected chi connectivity index (χ4v) is 6.05. The molecule has 0 saturated heterocycles. The summed E-state index contributed by atoms with van der Waals surface area (Å²) in [5, 5.41) is 26.3. The molecule has 1 saturated carbocycles. The summed E-state index contributed by atoms with van der Waals surface area (Å²) in [6, 6.07) is 5.04. The lowest BCUT2D eigenvalue weighted by atomic mass is 9.59.